The molecule has 7 heteroatoms. The lowest BCUT2D eigenvalue weighted by atomic mass is 10.0. The summed E-state index contributed by atoms with van der Waals surface area (Å²) in [5.41, 5.74) is 3.56. The number of aromatic nitrogens is 2. The van der Waals surface area contributed by atoms with Gasteiger partial charge >= 0.3 is 0 Å². The molecular weight excluding hydrogens is 398 g/mol. The lowest BCUT2D eigenvalue weighted by molar-refractivity contribution is 0.0940. The Bertz CT molecular complexity index is 1330. The van der Waals surface area contributed by atoms with Gasteiger partial charge in [0.05, 0.1) is 22.1 Å². The number of carbonyl (C=O) groups excluding carboxylic acids is 1. The van der Waals surface area contributed by atoms with E-state index in [4.69, 9.17) is 0 Å². The third-order valence-corrected chi connectivity index (χ3v) is 6.12. The highest BCUT2D eigenvalue weighted by molar-refractivity contribution is 7.90. The number of fused-ring (bicyclic) bond motifs is 1. The topological polar surface area (TPSA) is 91.9 Å². The number of nitrogens with one attached hydrogen (secondary N) is 2. The Balaban J connectivity index is 1.67. The summed E-state index contributed by atoms with van der Waals surface area (Å²) in [7, 11) is -3.33. The van der Waals surface area contributed by atoms with E-state index in [0.717, 1.165) is 16.5 Å². The maximum absolute atomic E-state index is 12.8. The van der Waals surface area contributed by atoms with E-state index in [1.54, 1.807) is 42.5 Å². The van der Waals surface area contributed by atoms with Crippen LogP contribution in [0, 0.1) is 0 Å². The Kier molecular flexibility index (Phi) is 5.13. The Morgan fingerprint density at radius 2 is 1.77 bits per heavy atom. The average molecular weight is 420 g/mol. The molecule has 6 nitrogen and oxygen atoms in total. The molecule has 30 heavy (non-hydrogen) atoms. The highest BCUT2D eigenvalue weighted by atomic mass is 32.2. The summed E-state index contributed by atoms with van der Waals surface area (Å²) in [6.45, 7) is 1.94. The smallest absolute Gasteiger partial charge is 0.251 e. The number of carbonyl (C=O) groups is 1. The number of sulfone groups is 1. The van der Waals surface area contributed by atoms with Crippen molar-refractivity contribution in [2.75, 3.05) is 6.26 Å². The van der Waals surface area contributed by atoms with Crippen LogP contribution in [0.2, 0.25) is 0 Å². The van der Waals surface area contributed by atoms with Crippen LogP contribution in [0.25, 0.3) is 22.2 Å². The van der Waals surface area contributed by atoms with Gasteiger partial charge < -0.3 is 5.32 Å². The maximum atomic E-state index is 12.8. The van der Waals surface area contributed by atoms with Crippen molar-refractivity contribution in [1.82, 2.24) is 15.5 Å². The van der Waals surface area contributed by atoms with E-state index in [-0.39, 0.29) is 16.8 Å². The van der Waals surface area contributed by atoms with Crippen LogP contribution in [0.5, 0.6) is 0 Å². The predicted molar refractivity (Wildman–Crippen MR) is 117 cm³/mol. The van der Waals surface area contributed by atoms with Gasteiger partial charge in [-0.15, -0.1) is 0 Å². The van der Waals surface area contributed by atoms with E-state index in [9.17, 15) is 13.2 Å². The van der Waals surface area contributed by atoms with Gasteiger partial charge in [0.2, 0.25) is 0 Å². The summed E-state index contributed by atoms with van der Waals surface area (Å²) >= 11 is 0. The number of amides is 1. The Hall–Kier alpha value is -3.45. The normalized spacial score (nSPS) is 12.6. The zero-order valence-electron chi connectivity index (χ0n) is 16.6. The lowest BCUT2D eigenvalue weighted by Gasteiger charge is -2.14. The van der Waals surface area contributed by atoms with Crippen LogP contribution in [0.15, 0.2) is 77.7 Å². The van der Waals surface area contributed by atoms with Crippen LogP contribution >= 0.6 is 0 Å². The predicted octanol–water partition coefficient (Wildman–Crippen LogP) is 4.12. The first-order chi connectivity index (χ1) is 14.3. The van der Waals surface area contributed by atoms with E-state index >= 15 is 0 Å². The molecule has 0 saturated heterocycles. The molecule has 0 spiro atoms. The van der Waals surface area contributed by atoms with Gasteiger partial charge in [0.1, 0.15) is 0 Å². The summed E-state index contributed by atoms with van der Waals surface area (Å²) in [4.78, 5) is 13.0. The molecule has 0 aliphatic rings. The van der Waals surface area contributed by atoms with E-state index in [1.807, 2.05) is 37.3 Å². The SMILES string of the molecule is CC(NC(=O)c1ccc2[nH]nc(-c3cccc(S(C)(=O)=O)c3)c2c1)c1ccccc1. The lowest BCUT2D eigenvalue weighted by Crippen LogP contribution is -2.26. The minimum atomic E-state index is -3.33. The van der Waals surface area contributed by atoms with Crippen molar-refractivity contribution in [3.8, 4) is 11.3 Å². The standard InChI is InChI=1S/C23H21N3O3S/c1-15(16-7-4-3-5-8-16)24-23(27)18-11-12-21-20(14-18)22(26-25-21)17-9-6-10-19(13-17)30(2,28)29/h3-15H,1-2H3,(H,24,27)(H,25,26). The summed E-state index contributed by atoms with van der Waals surface area (Å²) in [6, 6.07) is 21.6. The number of rotatable bonds is 5. The third kappa shape index (κ3) is 3.97. The van der Waals surface area contributed by atoms with Crippen molar-refractivity contribution in [1.29, 1.82) is 0 Å². The maximum Gasteiger partial charge on any atom is 0.251 e. The second-order valence-electron chi connectivity index (χ2n) is 7.24. The van der Waals surface area contributed by atoms with E-state index < -0.39 is 9.84 Å². The van der Waals surface area contributed by atoms with Gasteiger partial charge in [0.15, 0.2) is 9.84 Å². The molecule has 152 valence electrons. The number of aromatic amines is 1. The second-order valence-corrected chi connectivity index (χ2v) is 9.25. The Morgan fingerprint density at radius 3 is 2.50 bits per heavy atom. The Morgan fingerprint density at radius 1 is 1.00 bits per heavy atom. The molecule has 0 aliphatic heterocycles. The molecule has 4 aromatic rings. The minimum absolute atomic E-state index is 0.135. The zero-order chi connectivity index (χ0) is 21.3. The summed E-state index contributed by atoms with van der Waals surface area (Å²) < 4.78 is 23.8. The van der Waals surface area contributed by atoms with Crippen LogP contribution < -0.4 is 5.32 Å². The average Bonchev–Trinajstić information content (AvgIpc) is 3.17. The first kappa shape index (κ1) is 19.8. The molecule has 1 amide bonds. The van der Waals surface area contributed by atoms with Gasteiger partial charge in [-0.25, -0.2) is 8.42 Å². The van der Waals surface area contributed by atoms with Crippen molar-refractivity contribution >= 4 is 26.6 Å². The molecule has 0 saturated carbocycles. The van der Waals surface area contributed by atoms with Gasteiger partial charge in [-0.3, -0.25) is 9.89 Å². The molecule has 0 aliphatic carbocycles. The Labute approximate surface area is 174 Å². The molecule has 4 rings (SSSR count). The zero-order valence-corrected chi connectivity index (χ0v) is 17.4. The number of benzene rings is 3. The van der Waals surface area contributed by atoms with Gasteiger partial charge in [-0.05, 0) is 42.8 Å². The summed E-state index contributed by atoms with van der Waals surface area (Å²) in [6.07, 6.45) is 1.17. The number of nitrogens with zero attached hydrogens (tertiary/aromatic N) is 1. The molecular formula is C23H21N3O3S. The van der Waals surface area contributed by atoms with Gasteiger partial charge in [-0.1, -0.05) is 42.5 Å². The van der Waals surface area contributed by atoms with Crippen LogP contribution in [-0.2, 0) is 9.84 Å². The van der Waals surface area contributed by atoms with Crippen molar-refractivity contribution in [2.45, 2.75) is 17.9 Å². The fourth-order valence-corrected chi connectivity index (χ4v) is 4.02. The third-order valence-electron chi connectivity index (χ3n) is 5.01. The van der Waals surface area contributed by atoms with Crippen molar-refractivity contribution in [3.63, 3.8) is 0 Å². The van der Waals surface area contributed by atoms with Gasteiger partial charge in [0.25, 0.3) is 5.91 Å². The largest absolute Gasteiger partial charge is 0.346 e. The number of H-pyrrole nitrogens is 1. The summed E-state index contributed by atoms with van der Waals surface area (Å²) in [5, 5.41) is 11.1. The first-order valence-electron chi connectivity index (χ1n) is 9.47. The van der Waals surface area contributed by atoms with Gasteiger partial charge in [0, 0.05) is 22.8 Å². The summed E-state index contributed by atoms with van der Waals surface area (Å²) in [5.74, 6) is -0.190. The molecule has 3 aromatic carbocycles. The highest BCUT2D eigenvalue weighted by Crippen LogP contribution is 2.29. The highest BCUT2D eigenvalue weighted by Gasteiger charge is 2.16. The van der Waals surface area contributed by atoms with Gasteiger partial charge in [-0.2, -0.15) is 5.10 Å². The number of hydrogen-bond donors (Lipinski definition) is 2. The molecule has 1 heterocycles. The molecule has 1 unspecified atom stereocenters. The van der Waals surface area contributed by atoms with Crippen LogP contribution in [-0.4, -0.2) is 30.8 Å². The fraction of sp³-hybridized carbons (Fsp3) is 0.130. The molecule has 0 radical (unpaired) electrons. The molecule has 1 atom stereocenters. The molecule has 0 bridgehead atoms. The van der Waals surface area contributed by atoms with E-state index in [0.29, 0.717) is 16.8 Å². The quantitative estimate of drug-likeness (QED) is 0.509. The molecule has 1 aromatic heterocycles. The first-order valence-corrected chi connectivity index (χ1v) is 11.4. The van der Waals surface area contributed by atoms with E-state index in [1.165, 1.54) is 6.26 Å². The fourth-order valence-electron chi connectivity index (χ4n) is 3.35. The molecule has 0 fully saturated rings. The monoisotopic (exact) mass is 419 g/mol. The van der Waals surface area contributed by atoms with E-state index in [2.05, 4.69) is 15.5 Å². The second kappa shape index (κ2) is 7.76. The van der Waals surface area contributed by atoms with Crippen LogP contribution in [0.3, 0.4) is 0 Å². The van der Waals surface area contributed by atoms with Crippen LogP contribution in [0.4, 0.5) is 0 Å². The van der Waals surface area contributed by atoms with Crippen LogP contribution in [0.1, 0.15) is 28.9 Å². The van der Waals surface area contributed by atoms with Crippen molar-refractivity contribution in [3.05, 3.63) is 83.9 Å². The minimum Gasteiger partial charge on any atom is -0.346 e. The molecule has 2 N–H and O–H groups in total. The van der Waals surface area contributed by atoms with Crippen molar-refractivity contribution < 1.29 is 13.2 Å². The number of hydrogen-bond acceptors (Lipinski definition) is 4. The van der Waals surface area contributed by atoms with Crippen molar-refractivity contribution in [2.24, 2.45) is 0 Å².